The van der Waals surface area contributed by atoms with Gasteiger partial charge in [-0.25, -0.2) is 0 Å². The molecule has 2 rings (SSSR count). The average Bonchev–Trinajstić information content (AvgIpc) is 2.50. The lowest BCUT2D eigenvalue weighted by Crippen LogP contribution is -2.02. The van der Waals surface area contributed by atoms with Crippen LogP contribution in [0.2, 0.25) is 0 Å². The summed E-state index contributed by atoms with van der Waals surface area (Å²) in [6.07, 6.45) is 4.97. The summed E-state index contributed by atoms with van der Waals surface area (Å²) < 4.78 is 0. The quantitative estimate of drug-likeness (QED) is 0.563. The van der Waals surface area contributed by atoms with E-state index in [0.717, 1.165) is 17.4 Å². The number of aryl methyl sites for hydroxylation is 2. The normalized spacial score (nSPS) is 12.3. The molecule has 0 N–H and O–H groups in total. The summed E-state index contributed by atoms with van der Waals surface area (Å²) in [5.74, 6) is -0.0803. The fraction of sp³-hybridized carbons (Fsp3) is 0.150. The predicted molar refractivity (Wildman–Crippen MR) is 89.3 cm³/mol. The van der Waals surface area contributed by atoms with E-state index in [1.54, 1.807) is 0 Å². The van der Waals surface area contributed by atoms with Crippen LogP contribution in [0.15, 0.2) is 66.8 Å². The zero-order valence-electron chi connectivity index (χ0n) is 12.5. The van der Waals surface area contributed by atoms with Crippen molar-refractivity contribution in [1.82, 2.24) is 0 Å². The van der Waals surface area contributed by atoms with E-state index in [-0.39, 0.29) is 5.92 Å². The number of hydrogen-bond acceptors (Lipinski definition) is 1. The first kappa shape index (κ1) is 15.0. The lowest BCUT2D eigenvalue weighted by Gasteiger charge is -2.15. The van der Waals surface area contributed by atoms with Gasteiger partial charge in [0.2, 0.25) is 0 Å². The molecule has 1 atom stereocenters. The molecule has 0 heterocycles. The standard InChI is InChI=1S/C20H20O/c1-15-8-4-6-10-18(15)12-13-20(17(3)14-21)19-11-7-5-9-16(19)2/h4-14,20H,3H2,1-2H3/b13-12+. The fourth-order valence-corrected chi connectivity index (χ4v) is 2.41. The summed E-state index contributed by atoms with van der Waals surface area (Å²) in [6.45, 7) is 8.04. The highest BCUT2D eigenvalue weighted by Crippen LogP contribution is 2.27. The lowest BCUT2D eigenvalue weighted by molar-refractivity contribution is -0.105. The summed E-state index contributed by atoms with van der Waals surface area (Å²) in [5.41, 5.74) is 5.25. The zero-order chi connectivity index (χ0) is 15.2. The molecule has 0 aliphatic carbocycles. The molecule has 0 amide bonds. The average molecular weight is 276 g/mol. The van der Waals surface area contributed by atoms with Crippen LogP contribution < -0.4 is 0 Å². The number of aldehydes is 1. The SMILES string of the molecule is C=C(C=O)C(/C=C/c1ccccc1C)c1ccccc1C. The van der Waals surface area contributed by atoms with Crippen molar-refractivity contribution < 1.29 is 4.79 Å². The third-order valence-corrected chi connectivity index (χ3v) is 3.73. The van der Waals surface area contributed by atoms with E-state index < -0.39 is 0 Å². The van der Waals surface area contributed by atoms with Gasteiger partial charge in [-0.15, -0.1) is 0 Å². The Morgan fingerprint density at radius 2 is 1.62 bits per heavy atom. The van der Waals surface area contributed by atoms with Crippen LogP contribution >= 0.6 is 0 Å². The highest BCUT2D eigenvalue weighted by Gasteiger charge is 2.13. The van der Waals surface area contributed by atoms with Crippen LogP contribution in [0.25, 0.3) is 6.08 Å². The topological polar surface area (TPSA) is 17.1 Å². The van der Waals surface area contributed by atoms with Crippen molar-refractivity contribution >= 4 is 12.4 Å². The number of benzene rings is 2. The summed E-state index contributed by atoms with van der Waals surface area (Å²) in [5, 5.41) is 0. The first-order valence-corrected chi connectivity index (χ1v) is 7.07. The molecule has 0 fully saturated rings. The van der Waals surface area contributed by atoms with Gasteiger partial charge in [-0.3, -0.25) is 4.79 Å². The molecular weight excluding hydrogens is 256 g/mol. The number of carbonyl (C=O) groups excluding carboxylic acids is 1. The van der Waals surface area contributed by atoms with Gasteiger partial charge in [0, 0.05) is 5.92 Å². The molecule has 0 aromatic heterocycles. The Labute approximate surface area is 126 Å². The van der Waals surface area contributed by atoms with E-state index in [0.29, 0.717) is 5.57 Å². The Morgan fingerprint density at radius 3 is 2.24 bits per heavy atom. The van der Waals surface area contributed by atoms with Crippen LogP contribution in [0.4, 0.5) is 0 Å². The largest absolute Gasteiger partial charge is 0.298 e. The molecule has 1 heteroatoms. The van der Waals surface area contributed by atoms with Crippen LogP contribution in [0.5, 0.6) is 0 Å². The molecule has 1 nitrogen and oxygen atoms in total. The molecule has 0 aliphatic rings. The van der Waals surface area contributed by atoms with Crippen molar-refractivity contribution in [2.24, 2.45) is 0 Å². The maximum absolute atomic E-state index is 11.2. The monoisotopic (exact) mass is 276 g/mol. The molecular formula is C20H20O. The van der Waals surface area contributed by atoms with E-state index in [2.05, 4.69) is 56.8 Å². The second kappa shape index (κ2) is 6.85. The van der Waals surface area contributed by atoms with Gasteiger partial charge in [-0.1, -0.05) is 67.3 Å². The van der Waals surface area contributed by atoms with Crippen LogP contribution in [0.3, 0.4) is 0 Å². The maximum Gasteiger partial charge on any atom is 0.146 e. The number of allylic oxidation sites excluding steroid dienone is 2. The van der Waals surface area contributed by atoms with Gasteiger partial charge in [0.05, 0.1) is 0 Å². The van der Waals surface area contributed by atoms with Gasteiger partial charge in [-0.05, 0) is 41.7 Å². The molecule has 0 radical (unpaired) electrons. The van der Waals surface area contributed by atoms with E-state index in [9.17, 15) is 4.79 Å². The number of carbonyl (C=O) groups is 1. The van der Waals surface area contributed by atoms with Crippen LogP contribution in [0, 0.1) is 13.8 Å². The molecule has 0 saturated carbocycles. The van der Waals surface area contributed by atoms with Gasteiger partial charge < -0.3 is 0 Å². The fourth-order valence-electron chi connectivity index (χ4n) is 2.41. The molecule has 106 valence electrons. The second-order valence-corrected chi connectivity index (χ2v) is 5.24. The molecule has 21 heavy (non-hydrogen) atoms. The molecule has 0 spiro atoms. The molecule has 2 aromatic rings. The Hall–Kier alpha value is -2.41. The van der Waals surface area contributed by atoms with E-state index in [1.807, 2.05) is 24.3 Å². The van der Waals surface area contributed by atoms with Gasteiger partial charge in [0.15, 0.2) is 0 Å². The molecule has 0 bridgehead atoms. The summed E-state index contributed by atoms with van der Waals surface area (Å²) in [4.78, 5) is 11.2. The highest BCUT2D eigenvalue weighted by molar-refractivity contribution is 5.77. The Bertz CT molecular complexity index is 680. The minimum absolute atomic E-state index is 0.0803. The van der Waals surface area contributed by atoms with E-state index >= 15 is 0 Å². The van der Waals surface area contributed by atoms with Crippen LogP contribution in [0.1, 0.15) is 28.2 Å². The van der Waals surface area contributed by atoms with Crippen molar-refractivity contribution in [3.63, 3.8) is 0 Å². The molecule has 0 saturated heterocycles. The molecule has 2 aromatic carbocycles. The van der Waals surface area contributed by atoms with Crippen molar-refractivity contribution in [3.05, 3.63) is 89.0 Å². The minimum atomic E-state index is -0.0803. The van der Waals surface area contributed by atoms with Gasteiger partial charge in [0.1, 0.15) is 6.29 Å². The van der Waals surface area contributed by atoms with Gasteiger partial charge in [0.25, 0.3) is 0 Å². The second-order valence-electron chi connectivity index (χ2n) is 5.24. The third kappa shape index (κ3) is 3.57. The highest BCUT2D eigenvalue weighted by atomic mass is 16.1. The van der Waals surface area contributed by atoms with Crippen molar-refractivity contribution in [1.29, 1.82) is 0 Å². The lowest BCUT2D eigenvalue weighted by atomic mass is 9.88. The predicted octanol–water partition coefficient (Wildman–Crippen LogP) is 4.86. The molecule has 0 aliphatic heterocycles. The van der Waals surface area contributed by atoms with Crippen molar-refractivity contribution in [3.8, 4) is 0 Å². The van der Waals surface area contributed by atoms with Gasteiger partial charge in [-0.2, -0.15) is 0 Å². The van der Waals surface area contributed by atoms with Crippen LogP contribution in [-0.2, 0) is 4.79 Å². The third-order valence-electron chi connectivity index (χ3n) is 3.73. The first-order chi connectivity index (χ1) is 10.1. The number of hydrogen-bond donors (Lipinski definition) is 0. The van der Waals surface area contributed by atoms with Crippen LogP contribution in [-0.4, -0.2) is 6.29 Å². The smallest absolute Gasteiger partial charge is 0.146 e. The Kier molecular flexibility index (Phi) is 4.89. The van der Waals surface area contributed by atoms with Crippen molar-refractivity contribution in [2.45, 2.75) is 19.8 Å². The van der Waals surface area contributed by atoms with E-state index in [4.69, 9.17) is 0 Å². The Morgan fingerprint density at radius 1 is 1.00 bits per heavy atom. The van der Waals surface area contributed by atoms with Gasteiger partial charge >= 0.3 is 0 Å². The Balaban J connectivity index is 2.39. The number of rotatable bonds is 5. The summed E-state index contributed by atoms with van der Waals surface area (Å²) >= 11 is 0. The molecule has 1 unspecified atom stereocenters. The van der Waals surface area contributed by atoms with Crippen molar-refractivity contribution in [2.75, 3.05) is 0 Å². The summed E-state index contributed by atoms with van der Waals surface area (Å²) in [7, 11) is 0. The zero-order valence-corrected chi connectivity index (χ0v) is 12.5. The maximum atomic E-state index is 11.2. The summed E-state index contributed by atoms with van der Waals surface area (Å²) in [6, 6.07) is 16.3. The van der Waals surface area contributed by atoms with E-state index in [1.165, 1.54) is 11.1 Å². The minimum Gasteiger partial charge on any atom is -0.298 e. The first-order valence-electron chi connectivity index (χ1n) is 7.07.